The van der Waals surface area contributed by atoms with Crippen molar-refractivity contribution in [3.8, 4) is 22.9 Å². The second-order valence-corrected chi connectivity index (χ2v) is 6.48. The SMILES string of the molecule is NC=CC(=Nc1cccc2c1OC(F)(F)O2)c1nn(-c2cccc(OC(F)F)c2)ccc1=O. The summed E-state index contributed by atoms with van der Waals surface area (Å²) >= 11 is 0. The van der Waals surface area contributed by atoms with Gasteiger partial charge in [-0.15, -0.1) is 8.78 Å². The zero-order valence-electron chi connectivity index (χ0n) is 16.5. The molecule has 0 amide bonds. The molecular weight excluding hydrogens is 448 g/mol. The molecule has 8 nitrogen and oxygen atoms in total. The van der Waals surface area contributed by atoms with Crippen molar-refractivity contribution < 1.29 is 31.8 Å². The summed E-state index contributed by atoms with van der Waals surface area (Å²) < 4.78 is 66.6. The van der Waals surface area contributed by atoms with E-state index in [-0.39, 0.29) is 34.3 Å². The predicted molar refractivity (Wildman–Crippen MR) is 109 cm³/mol. The molecule has 0 unspecified atom stereocenters. The molecule has 1 aromatic heterocycles. The molecule has 1 aliphatic heterocycles. The van der Waals surface area contributed by atoms with Gasteiger partial charge < -0.3 is 19.9 Å². The molecule has 1 aliphatic rings. The minimum atomic E-state index is -3.86. The number of benzene rings is 2. The van der Waals surface area contributed by atoms with Crippen LogP contribution in [0.25, 0.3) is 5.69 Å². The van der Waals surface area contributed by atoms with Crippen LogP contribution in [0, 0.1) is 0 Å². The molecule has 0 atom stereocenters. The minimum absolute atomic E-state index is 0.0540. The van der Waals surface area contributed by atoms with Gasteiger partial charge in [0.2, 0.25) is 5.43 Å². The average Bonchev–Trinajstić information content (AvgIpc) is 3.08. The highest BCUT2D eigenvalue weighted by atomic mass is 19.3. The van der Waals surface area contributed by atoms with E-state index in [0.717, 1.165) is 6.20 Å². The summed E-state index contributed by atoms with van der Waals surface area (Å²) in [5, 5.41) is 4.20. The zero-order chi connectivity index (χ0) is 23.6. The Morgan fingerprint density at radius 3 is 2.73 bits per heavy atom. The maximum atomic E-state index is 13.5. The monoisotopic (exact) mass is 462 g/mol. The molecule has 2 heterocycles. The predicted octanol–water partition coefficient (Wildman–Crippen LogP) is 3.75. The van der Waals surface area contributed by atoms with Gasteiger partial charge in [-0.05, 0) is 36.5 Å². The number of rotatable bonds is 6. The summed E-state index contributed by atoms with van der Waals surface area (Å²) in [6.07, 6.45) is -0.211. The largest absolute Gasteiger partial charge is 0.586 e. The topological polar surface area (TPSA) is 101 Å². The van der Waals surface area contributed by atoms with Gasteiger partial charge >= 0.3 is 12.9 Å². The summed E-state index contributed by atoms with van der Waals surface area (Å²) in [7, 11) is 0. The fourth-order valence-corrected chi connectivity index (χ4v) is 2.96. The maximum Gasteiger partial charge on any atom is 0.586 e. The van der Waals surface area contributed by atoms with Crippen LogP contribution in [0.4, 0.5) is 23.2 Å². The second kappa shape index (κ2) is 8.65. The number of aromatic nitrogens is 2. The normalized spacial score (nSPS) is 14.8. The van der Waals surface area contributed by atoms with Crippen molar-refractivity contribution in [3.05, 3.63) is 82.9 Å². The molecule has 170 valence electrons. The number of para-hydroxylation sites is 1. The van der Waals surface area contributed by atoms with Crippen LogP contribution in [0.2, 0.25) is 0 Å². The van der Waals surface area contributed by atoms with E-state index in [4.69, 9.17) is 5.73 Å². The first-order valence-corrected chi connectivity index (χ1v) is 9.27. The highest BCUT2D eigenvalue weighted by molar-refractivity contribution is 6.08. The van der Waals surface area contributed by atoms with Gasteiger partial charge in [0, 0.05) is 18.3 Å². The molecule has 0 fully saturated rings. The lowest BCUT2D eigenvalue weighted by Crippen LogP contribution is -2.26. The number of ether oxygens (including phenoxy) is 3. The number of hydrogen-bond donors (Lipinski definition) is 1. The maximum absolute atomic E-state index is 13.5. The van der Waals surface area contributed by atoms with Crippen LogP contribution in [0.1, 0.15) is 5.69 Å². The lowest BCUT2D eigenvalue weighted by molar-refractivity contribution is -0.286. The number of aliphatic imine (C=N–C) groups is 1. The summed E-state index contributed by atoms with van der Waals surface area (Å²) in [6.45, 7) is -3.02. The van der Waals surface area contributed by atoms with Crippen molar-refractivity contribution in [1.82, 2.24) is 9.78 Å². The smallest absolute Gasteiger partial charge is 0.435 e. The summed E-state index contributed by atoms with van der Waals surface area (Å²) in [6, 6.07) is 10.9. The van der Waals surface area contributed by atoms with Gasteiger partial charge in [0.05, 0.1) is 11.4 Å². The summed E-state index contributed by atoms with van der Waals surface area (Å²) in [5.41, 5.74) is 4.92. The molecule has 0 saturated carbocycles. The van der Waals surface area contributed by atoms with Crippen molar-refractivity contribution in [2.45, 2.75) is 12.9 Å². The minimum Gasteiger partial charge on any atom is -0.435 e. The van der Waals surface area contributed by atoms with Crippen LogP contribution in [0.15, 0.2) is 76.8 Å². The van der Waals surface area contributed by atoms with Gasteiger partial charge in [-0.3, -0.25) is 4.79 Å². The molecule has 4 rings (SSSR count). The van der Waals surface area contributed by atoms with Crippen LogP contribution >= 0.6 is 0 Å². The Bertz CT molecular complexity index is 1310. The van der Waals surface area contributed by atoms with Crippen LogP contribution in [-0.2, 0) is 0 Å². The van der Waals surface area contributed by atoms with E-state index in [1.165, 1.54) is 59.4 Å². The van der Waals surface area contributed by atoms with Crippen molar-refractivity contribution in [1.29, 1.82) is 0 Å². The van der Waals surface area contributed by atoms with Gasteiger partial charge in [-0.25, -0.2) is 9.67 Å². The van der Waals surface area contributed by atoms with Crippen LogP contribution < -0.4 is 25.4 Å². The van der Waals surface area contributed by atoms with E-state index in [0.29, 0.717) is 5.69 Å². The van der Waals surface area contributed by atoms with Crippen molar-refractivity contribution >= 4 is 11.4 Å². The fraction of sp³-hybridized carbons (Fsp3) is 0.0952. The molecule has 2 aromatic carbocycles. The number of alkyl halides is 4. The number of allylic oxidation sites excluding steroid dienone is 1. The van der Waals surface area contributed by atoms with Gasteiger partial charge in [-0.1, -0.05) is 12.1 Å². The number of nitrogens with zero attached hydrogens (tertiary/aromatic N) is 3. The third-order valence-electron chi connectivity index (χ3n) is 4.26. The Morgan fingerprint density at radius 2 is 1.97 bits per heavy atom. The third kappa shape index (κ3) is 4.79. The number of hydrogen-bond acceptors (Lipinski definition) is 7. The molecule has 2 N–H and O–H groups in total. The lowest BCUT2D eigenvalue weighted by atomic mass is 10.2. The quantitative estimate of drug-likeness (QED) is 0.442. The van der Waals surface area contributed by atoms with Gasteiger partial charge in [0.25, 0.3) is 0 Å². The van der Waals surface area contributed by atoms with E-state index in [9.17, 15) is 22.4 Å². The van der Waals surface area contributed by atoms with E-state index in [1.807, 2.05) is 0 Å². The van der Waals surface area contributed by atoms with Crippen LogP contribution in [0.5, 0.6) is 17.2 Å². The molecule has 0 saturated heterocycles. The Labute approximate surface area is 183 Å². The number of halogens is 4. The average molecular weight is 462 g/mol. The third-order valence-corrected chi connectivity index (χ3v) is 4.26. The highest BCUT2D eigenvalue weighted by Gasteiger charge is 2.44. The zero-order valence-corrected chi connectivity index (χ0v) is 16.5. The van der Waals surface area contributed by atoms with Crippen molar-refractivity contribution in [2.24, 2.45) is 10.7 Å². The number of nitrogens with two attached hydrogens (primary N) is 1. The summed E-state index contributed by atoms with van der Waals surface area (Å²) in [5.74, 6) is -0.664. The van der Waals surface area contributed by atoms with Gasteiger partial charge in [0.15, 0.2) is 17.2 Å². The number of fused-ring (bicyclic) bond motifs is 1. The van der Waals surface area contributed by atoms with Crippen molar-refractivity contribution in [3.63, 3.8) is 0 Å². The first-order chi connectivity index (χ1) is 15.8. The molecule has 3 aromatic rings. The van der Waals surface area contributed by atoms with E-state index < -0.39 is 18.3 Å². The van der Waals surface area contributed by atoms with E-state index in [2.05, 4.69) is 24.3 Å². The Kier molecular flexibility index (Phi) is 5.73. The molecular formula is C21H14F4N4O4. The fourth-order valence-electron chi connectivity index (χ4n) is 2.96. The molecule has 0 aliphatic carbocycles. The van der Waals surface area contributed by atoms with Crippen LogP contribution in [0.3, 0.4) is 0 Å². The van der Waals surface area contributed by atoms with Crippen molar-refractivity contribution in [2.75, 3.05) is 0 Å². The van der Waals surface area contributed by atoms with Crippen LogP contribution in [-0.4, -0.2) is 28.4 Å². The highest BCUT2D eigenvalue weighted by Crippen LogP contribution is 2.47. The standard InChI is InChI=1S/C21H14F4N4O4/c22-20(23)31-13-4-1-3-12(11-13)29-10-8-16(30)18(28-29)14(7-9-26)27-15-5-2-6-17-19(15)33-21(24,25)32-17/h1-11,20H,26H2. The molecule has 12 heteroatoms. The van der Waals surface area contributed by atoms with Gasteiger partial charge in [0.1, 0.15) is 11.4 Å². The molecule has 33 heavy (non-hydrogen) atoms. The molecule has 0 radical (unpaired) electrons. The van der Waals surface area contributed by atoms with E-state index >= 15 is 0 Å². The second-order valence-electron chi connectivity index (χ2n) is 6.48. The van der Waals surface area contributed by atoms with E-state index in [1.54, 1.807) is 6.07 Å². The Hall–Kier alpha value is -4.35. The van der Waals surface area contributed by atoms with Gasteiger partial charge in [-0.2, -0.15) is 13.9 Å². The Morgan fingerprint density at radius 1 is 1.18 bits per heavy atom. The first kappa shape index (κ1) is 21.9. The Balaban J connectivity index is 1.78. The molecule has 0 spiro atoms. The lowest BCUT2D eigenvalue weighted by Gasteiger charge is -2.10. The first-order valence-electron chi connectivity index (χ1n) is 9.27. The molecule has 0 bridgehead atoms. The summed E-state index contributed by atoms with van der Waals surface area (Å²) in [4.78, 5) is 16.7.